The van der Waals surface area contributed by atoms with Gasteiger partial charge in [0.1, 0.15) is 0 Å². The van der Waals surface area contributed by atoms with Gasteiger partial charge in [-0.1, -0.05) is 28.0 Å². The number of nitrogens with zero attached hydrogens (tertiary/aromatic N) is 2. The van der Waals surface area contributed by atoms with Gasteiger partial charge in [-0.15, -0.1) is 11.8 Å². The average molecular weight is 328 g/mol. The normalized spacial score (nSPS) is 10.8. The van der Waals surface area contributed by atoms with Crippen LogP contribution in [0.15, 0.2) is 32.1 Å². The Morgan fingerprint density at radius 1 is 1.44 bits per heavy atom. The van der Waals surface area contributed by atoms with Crippen LogP contribution in [0.25, 0.3) is 0 Å². The zero-order chi connectivity index (χ0) is 13.0. The number of thioether (sulfide) groups is 1. The van der Waals surface area contributed by atoms with Crippen LogP contribution in [0, 0.1) is 0 Å². The summed E-state index contributed by atoms with van der Waals surface area (Å²) in [7, 11) is 0. The van der Waals surface area contributed by atoms with Crippen LogP contribution in [0.2, 0.25) is 0 Å². The highest BCUT2D eigenvalue weighted by molar-refractivity contribution is 9.10. The molecule has 0 aliphatic rings. The minimum Gasteiger partial charge on any atom is -0.398 e. The van der Waals surface area contributed by atoms with E-state index in [0.717, 1.165) is 33.7 Å². The summed E-state index contributed by atoms with van der Waals surface area (Å²) in [5.41, 5.74) is 6.67. The maximum Gasteiger partial charge on any atom is 0.237 e. The zero-order valence-corrected chi connectivity index (χ0v) is 12.4. The third-order valence-electron chi connectivity index (χ3n) is 2.31. The summed E-state index contributed by atoms with van der Waals surface area (Å²) in [6.45, 7) is 2.09. The molecule has 0 aliphatic carbocycles. The fraction of sp³-hybridized carbons (Fsp3) is 0.333. The van der Waals surface area contributed by atoms with Crippen LogP contribution in [-0.4, -0.2) is 10.1 Å². The Labute approximate surface area is 118 Å². The molecule has 0 aliphatic heterocycles. The molecule has 0 spiro atoms. The Bertz CT molecular complexity index is 530. The van der Waals surface area contributed by atoms with Gasteiger partial charge in [0.25, 0.3) is 0 Å². The Kier molecular flexibility index (Phi) is 4.66. The van der Waals surface area contributed by atoms with E-state index in [9.17, 15) is 0 Å². The minimum absolute atomic E-state index is 0.641. The van der Waals surface area contributed by atoms with Crippen molar-refractivity contribution in [2.45, 2.75) is 30.4 Å². The second-order valence-electron chi connectivity index (χ2n) is 3.83. The van der Waals surface area contributed by atoms with E-state index in [1.807, 2.05) is 18.2 Å². The number of halogens is 1. The van der Waals surface area contributed by atoms with Gasteiger partial charge in [0.05, 0.1) is 5.75 Å². The van der Waals surface area contributed by atoms with Gasteiger partial charge in [0.2, 0.25) is 5.89 Å². The Morgan fingerprint density at radius 2 is 2.28 bits per heavy atom. The predicted molar refractivity (Wildman–Crippen MR) is 76.4 cm³/mol. The molecule has 0 fully saturated rings. The van der Waals surface area contributed by atoms with E-state index in [-0.39, 0.29) is 0 Å². The fourth-order valence-corrected chi connectivity index (χ4v) is 2.63. The minimum atomic E-state index is 0.641. The second kappa shape index (κ2) is 6.24. The smallest absolute Gasteiger partial charge is 0.237 e. The molecule has 2 N–H and O–H groups in total. The molecule has 2 rings (SSSR count). The predicted octanol–water partition coefficient (Wildman–Crippen LogP) is 3.66. The van der Waals surface area contributed by atoms with E-state index < -0.39 is 0 Å². The fourth-order valence-electron chi connectivity index (χ4n) is 1.46. The van der Waals surface area contributed by atoms with Gasteiger partial charge in [-0.05, 0) is 24.6 Å². The van der Waals surface area contributed by atoms with Crippen LogP contribution >= 0.6 is 27.7 Å². The lowest BCUT2D eigenvalue weighted by molar-refractivity contribution is 0.384. The van der Waals surface area contributed by atoms with Crippen LogP contribution in [-0.2, 0) is 12.2 Å². The Morgan fingerprint density at radius 3 is 3.00 bits per heavy atom. The number of hydrogen-bond donors (Lipinski definition) is 1. The Balaban J connectivity index is 1.97. The van der Waals surface area contributed by atoms with Gasteiger partial charge in [-0.2, -0.15) is 4.98 Å². The summed E-state index contributed by atoms with van der Waals surface area (Å²) in [6.07, 6.45) is 1.88. The number of hydrogen-bond acceptors (Lipinski definition) is 5. The van der Waals surface area contributed by atoms with Crippen LogP contribution < -0.4 is 5.73 Å². The molecule has 0 atom stereocenters. The number of benzene rings is 1. The van der Waals surface area contributed by atoms with Gasteiger partial charge in [-0.3, -0.25) is 0 Å². The van der Waals surface area contributed by atoms with E-state index in [1.165, 1.54) is 0 Å². The van der Waals surface area contributed by atoms with E-state index in [2.05, 4.69) is 33.0 Å². The first-order valence-electron chi connectivity index (χ1n) is 5.68. The highest BCUT2D eigenvalue weighted by atomic mass is 79.9. The lowest BCUT2D eigenvalue weighted by atomic mass is 10.3. The standard InChI is InChI=1S/C12H14BrN3OS/c1-2-3-11-15-12(17-16-11)7-18-10-5-4-8(13)6-9(10)14/h4-6H,2-3,7,14H2,1H3. The van der Waals surface area contributed by atoms with Crippen LogP contribution in [0.5, 0.6) is 0 Å². The highest BCUT2D eigenvalue weighted by Gasteiger charge is 2.07. The number of aromatic nitrogens is 2. The van der Waals surface area contributed by atoms with Gasteiger partial charge >= 0.3 is 0 Å². The van der Waals surface area contributed by atoms with Crippen molar-refractivity contribution in [3.63, 3.8) is 0 Å². The third kappa shape index (κ3) is 3.49. The maximum atomic E-state index is 5.92. The first-order valence-corrected chi connectivity index (χ1v) is 7.46. The van der Waals surface area contributed by atoms with E-state index >= 15 is 0 Å². The molecule has 4 nitrogen and oxygen atoms in total. The molecular formula is C12H14BrN3OS. The molecule has 1 aromatic heterocycles. The quantitative estimate of drug-likeness (QED) is 0.670. The number of nitrogen functional groups attached to an aromatic ring is 1. The topological polar surface area (TPSA) is 64.9 Å². The van der Waals surface area contributed by atoms with Crippen molar-refractivity contribution in [2.75, 3.05) is 5.73 Å². The van der Waals surface area contributed by atoms with Crippen molar-refractivity contribution in [1.82, 2.24) is 10.1 Å². The molecule has 0 amide bonds. The molecular weight excluding hydrogens is 314 g/mol. The van der Waals surface area contributed by atoms with Crippen molar-refractivity contribution in [1.29, 1.82) is 0 Å². The number of rotatable bonds is 5. The highest BCUT2D eigenvalue weighted by Crippen LogP contribution is 2.29. The molecule has 0 bridgehead atoms. The summed E-state index contributed by atoms with van der Waals surface area (Å²) in [5.74, 6) is 2.06. The summed E-state index contributed by atoms with van der Waals surface area (Å²) < 4.78 is 6.15. The lowest BCUT2D eigenvalue weighted by Crippen LogP contribution is -1.90. The van der Waals surface area contributed by atoms with E-state index in [4.69, 9.17) is 10.3 Å². The van der Waals surface area contributed by atoms with Crippen molar-refractivity contribution < 1.29 is 4.52 Å². The van der Waals surface area contributed by atoms with Gasteiger partial charge in [0, 0.05) is 21.5 Å². The molecule has 0 saturated heterocycles. The summed E-state index contributed by atoms with van der Waals surface area (Å²) >= 11 is 4.98. The maximum absolute atomic E-state index is 5.92. The zero-order valence-electron chi connectivity index (χ0n) is 10.0. The summed E-state index contributed by atoms with van der Waals surface area (Å²) in [6, 6.07) is 5.83. The number of aryl methyl sites for hydroxylation is 1. The molecule has 2 aromatic rings. The van der Waals surface area contributed by atoms with Crippen LogP contribution in [0.3, 0.4) is 0 Å². The van der Waals surface area contributed by atoms with Crippen LogP contribution in [0.4, 0.5) is 5.69 Å². The average Bonchev–Trinajstić information content (AvgIpc) is 2.76. The molecule has 18 heavy (non-hydrogen) atoms. The largest absolute Gasteiger partial charge is 0.398 e. The molecule has 0 saturated carbocycles. The van der Waals surface area contributed by atoms with E-state index in [1.54, 1.807) is 11.8 Å². The molecule has 0 unspecified atom stereocenters. The third-order valence-corrected chi connectivity index (χ3v) is 3.87. The van der Waals surface area contributed by atoms with Gasteiger partial charge < -0.3 is 10.3 Å². The van der Waals surface area contributed by atoms with Gasteiger partial charge in [-0.25, -0.2) is 0 Å². The molecule has 1 heterocycles. The van der Waals surface area contributed by atoms with Gasteiger partial charge in [0.15, 0.2) is 5.82 Å². The molecule has 96 valence electrons. The van der Waals surface area contributed by atoms with Crippen molar-refractivity contribution in [2.24, 2.45) is 0 Å². The lowest BCUT2D eigenvalue weighted by Gasteiger charge is -2.03. The second-order valence-corrected chi connectivity index (χ2v) is 5.76. The molecule has 6 heteroatoms. The first kappa shape index (κ1) is 13.4. The van der Waals surface area contributed by atoms with Crippen LogP contribution in [0.1, 0.15) is 25.1 Å². The summed E-state index contributed by atoms with van der Waals surface area (Å²) in [5, 5.41) is 3.92. The molecule has 0 radical (unpaired) electrons. The SMILES string of the molecule is CCCc1noc(CSc2ccc(Br)cc2N)n1. The van der Waals surface area contributed by atoms with Crippen molar-refractivity contribution >= 4 is 33.4 Å². The monoisotopic (exact) mass is 327 g/mol. The van der Waals surface area contributed by atoms with Crippen molar-refractivity contribution in [3.05, 3.63) is 34.4 Å². The number of anilines is 1. The Hall–Kier alpha value is -1.01. The van der Waals surface area contributed by atoms with Crippen molar-refractivity contribution in [3.8, 4) is 0 Å². The first-order chi connectivity index (χ1) is 8.69. The number of nitrogens with two attached hydrogens (primary N) is 1. The van der Waals surface area contributed by atoms with E-state index in [0.29, 0.717) is 11.6 Å². The summed E-state index contributed by atoms with van der Waals surface area (Å²) in [4.78, 5) is 5.34. The molecule has 1 aromatic carbocycles.